The highest BCUT2D eigenvalue weighted by atomic mass is 15.4. The molecule has 3 aliphatic rings. The van der Waals surface area contributed by atoms with Gasteiger partial charge in [0, 0.05) is 23.7 Å². The molecule has 0 bridgehead atoms. The summed E-state index contributed by atoms with van der Waals surface area (Å²) in [6.07, 6.45) is 3.11. The van der Waals surface area contributed by atoms with E-state index in [1.807, 2.05) is 0 Å². The molecule has 1 saturated carbocycles. The number of fused-ring (bicyclic) bond motifs is 2. The lowest BCUT2D eigenvalue weighted by molar-refractivity contribution is -0.916. The maximum Gasteiger partial charge on any atom is 0.0820 e. The van der Waals surface area contributed by atoms with E-state index in [0.717, 1.165) is 23.7 Å². The molecule has 0 aromatic heterocycles. The van der Waals surface area contributed by atoms with E-state index in [0.29, 0.717) is 0 Å². The van der Waals surface area contributed by atoms with Gasteiger partial charge in [-0.1, -0.05) is 0 Å². The second kappa shape index (κ2) is 4.21. The predicted molar refractivity (Wildman–Crippen MR) is 76.1 cm³/mol. The fourth-order valence-corrected chi connectivity index (χ4v) is 5.60. The van der Waals surface area contributed by atoms with Crippen molar-refractivity contribution in [3.8, 4) is 0 Å². The van der Waals surface area contributed by atoms with Crippen LogP contribution in [0, 0.1) is 23.7 Å². The highest BCUT2D eigenvalue weighted by molar-refractivity contribution is 4.91. The van der Waals surface area contributed by atoms with E-state index >= 15 is 0 Å². The maximum absolute atomic E-state index is 2.44. The van der Waals surface area contributed by atoms with Crippen LogP contribution in [-0.4, -0.2) is 62.3 Å². The molecule has 2 aliphatic heterocycles. The zero-order chi connectivity index (χ0) is 13.0. The van der Waals surface area contributed by atoms with Crippen LogP contribution in [0.4, 0.5) is 0 Å². The average molecular weight is 252 g/mol. The molecule has 0 N–H and O–H groups in total. The van der Waals surface area contributed by atoms with Crippen molar-refractivity contribution in [1.29, 1.82) is 0 Å². The lowest BCUT2D eigenvalue weighted by atomic mass is 9.71. The highest BCUT2D eigenvalue weighted by Crippen LogP contribution is 2.48. The fourth-order valence-electron chi connectivity index (χ4n) is 5.60. The van der Waals surface area contributed by atoms with Crippen molar-refractivity contribution in [2.45, 2.75) is 26.7 Å². The van der Waals surface area contributed by atoms with Gasteiger partial charge in [-0.05, 0) is 26.7 Å². The minimum atomic E-state index is 1.05. The van der Waals surface area contributed by atoms with Gasteiger partial charge >= 0.3 is 0 Å². The van der Waals surface area contributed by atoms with E-state index in [1.165, 1.54) is 48.2 Å². The first-order chi connectivity index (χ1) is 8.47. The summed E-state index contributed by atoms with van der Waals surface area (Å²) in [4.78, 5) is 0. The van der Waals surface area contributed by atoms with Crippen LogP contribution in [0.1, 0.15) is 26.7 Å². The van der Waals surface area contributed by atoms with Crippen molar-refractivity contribution in [1.82, 2.24) is 0 Å². The summed E-state index contributed by atoms with van der Waals surface area (Å²) < 4.78 is 2.71. The van der Waals surface area contributed by atoms with Crippen LogP contribution in [0.15, 0.2) is 0 Å². The van der Waals surface area contributed by atoms with E-state index < -0.39 is 0 Å². The Hall–Kier alpha value is -0.0800. The summed E-state index contributed by atoms with van der Waals surface area (Å²) in [5, 5.41) is 0. The van der Waals surface area contributed by atoms with Crippen molar-refractivity contribution in [2.24, 2.45) is 23.7 Å². The van der Waals surface area contributed by atoms with Crippen LogP contribution in [-0.2, 0) is 0 Å². The van der Waals surface area contributed by atoms with Crippen molar-refractivity contribution < 1.29 is 8.97 Å². The molecule has 4 atom stereocenters. The van der Waals surface area contributed by atoms with E-state index in [9.17, 15) is 0 Å². The van der Waals surface area contributed by atoms with Gasteiger partial charge in [-0.3, -0.25) is 0 Å². The number of nitrogens with zero attached hydrogens (tertiary/aromatic N) is 2. The van der Waals surface area contributed by atoms with Gasteiger partial charge in [-0.25, -0.2) is 0 Å². The van der Waals surface area contributed by atoms with Crippen LogP contribution < -0.4 is 0 Å². The fraction of sp³-hybridized carbons (Fsp3) is 1.00. The Balaban J connectivity index is 1.71. The van der Waals surface area contributed by atoms with Gasteiger partial charge in [0.2, 0.25) is 0 Å². The molecule has 0 radical (unpaired) electrons. The van der Waals surface area contributed by atoms with Gasteiger partial charge in [-0.2, -0.15) is 0 Å². The molecule has 18 heavy (non-hydrogen) atoms. The monoisotopic (exact) mass is 252 g/mol. The predicted octanol–water partition coefficient (Wildman–Crippen LogP) is 2.21. The molecule has 2 heteroatoms. The number of quaternary nitrogens is 2. The molecular formula is C16H32N2+2. The Morgan fingerprint density at radius 1 is 0.722 bits per heavy atom. The number of rotatable bonds is 2. The van der Waals surface area contributed by atoms with Gasteiger partial charge < -0.3 is 8.97 Å². The first-order valence-electron chi connectivity index (χ1n) is 8.14. The maximum atomic E-state index is 2.44. The minimum Gasteiger partial charge on any atom is -0.328 e. The van der Waals surface area contributed by atoms with Gasteiger partial charge in [0.1, 0.15) is 0 Å². The zero-order valence-electron chi connectivity index (χ0n) is 12.9. The van der Waals surface area contributed by atoms with Crippen molar-refractivity contribution in [3.05, 3.63) is 0 Å². The second-order valence-corrected chi connectivity index (χ2v) is 8.15. The van der Waals surface area contributed by atoms with Crippen LogP contribution in [0.3, 0.4) is 0 Å². The largest absolute Gasteiger partial charge is 0.328 e. The summed E-state index contributed by atoms with van der Waals surface area (Å²) in [6, 6.07) is 0. The molecule has 4 unspecified atom stereocenters. The highest BCUT2D eigenvalue weighted by Gasteiger charge is 2.53. The van der Waals surface area contributed by atoms with E-state index in [2.05, 4.69) is 27.9 Å². The SMILES string of the molecule is CC[N+]1(CC)CC2CC3C[N+](C)(C)CC3CC2C1. The van der Waals surface area contributed by atoms with Gasteiger partial charge in [0.25, 0.3) is 0 Å². The molecule has 2 saturated heterocycles. The number of likely N-dealkylation sites (tertiary alicyclic amines) is 2. The Labute approximate surface area is 113 Å². The summed E-state index contributed by atoms with van der Waals surface area (Å²) in [6.45, 7) is 13.4. The Morgan fingerprint density at radius 2 is 1.11 bits per heavy atom. The second-order valence-electron chi connectivity index (χ2n) is 8.15. The van der Waals surface area contributed by atoms with Crippen molar-refractivity contribution in [3.63, 3.8) is 0 Å². The third kappa shape index (κ3) is 2.02. The molecule has 1 aliphatic carbocycles. The van der Waals surface area contributed by atoms with Crippen molar-refractivity contribution >= 4 is 0 Å². The van der Waals surface area contributed by atoms with Gasteiger partial charge in [0.05, 0.1) is 53.4 Å². The molecule has 0 aromatic rings. The van der Waals surface area contributed by atoms with Crippen molar-refractivity contribution in [2.75, 3.05) is 53.4 Å². The standard InChI is InChI=1S/C16H32N2/c1-5-18(6-2)11-15-7-13-9-17(3,4)10-14(13)8-16(15)12-18/h13-16H,5-12H2,1-4H3/q+2. The lowest BCUT2D eigenvalue weighted by Crippen LogP contribution is -2.45. The van der Waals surface area contributed by atoms with Crippen LogP contribution in [0.25, 0.3) is 0 Å². The third-order valence-electron chi connectivity index (χ3n) is 6.59. The molecule has 104 valence electrons. The third-order valence-corrected chi connectivity index (χ3v) is 6.59. The van der Waals surface area contributed by atoms with E-state index in [-0.39, 0.29) is 0 Å². The summed E-state index contributed by atoms with van der Waals surface area (Å²) in [5.41, 5.74) is 0. The molecule has 2 nitrogen and oxygen atoms in total. The molecule has 0 amide bonds. The molecule has 2 heterocycles. The van der Waals surface area contributed by atoms with Gasteiger partial charge in [0.15, 0.2) is 0 Å². The molecule has 3 fully saturated rings. The van der Waals surface area contributed by atoms with E-state index in [4.69, 9.17) is 0 Å². The Bertz CT molecular complexity index is 293. The Kier molecular flexibility index (Phi) is 3.02. The summed E-state index contributed by atoms with van der Waals surface area (Å²) in [7, 11) is 4.87. The Morgan fingerprint density at radius 3 is 1.50 bits per heavy atom. The topological polar surface area (TPSA) is 0 Å². The van der Waals surface area contributed by atoms with Gasteiger partial charge in [-0.15, -0.1) is 0 Å². The smallest absolute Gasteiger partial charge is 0.0820 e. The number of hydrogen-bond acceptors (Lipinski definition) is 0. The summed E-state index contributed by atoms with van der Waals surface area (Å²) in [5.74, 6) is 4.22. The summed E-state index contributed by atoms with van der Waals surface area (Å²) >= 11 is 0. The average Bonchev–Trinajstić information content (AvgIpc) is 2.80. The normalized spacial score (nSPS) is 44.7. The molecule has 0 spiro atoms. The van der Waals surface area contributed by atoms with E-state index in [1.54, 1.807) is 12.8 Å². The zero-order valence-corrected chi connectivity index (χ0v) is 12.9. The molecule has 0 aromatic carbocycles. The van der Waals surface area contributed by atoms with Crippen LogP contribution >= 0.6 is 0 Å². The molecular weight excluding hydrogens is 220 g/mol. The molecule has 3 rings (SSSR count). The minimum absolute atomic E-state index is 1.05. The quantitative estimate of drug-likeness (QED) is 0.661. The van der Waals surface area contributed by atoms with Crippen LogP contribution in [0.5, 0.6) is 0 Å². The first-order valence-corrected chi connectivity index (χ1v) is 8.14. The number of hydrogen-bond donors (Lipinski definition) is 0. The lowest BCUT2D eigenvalue weighted by Gasteiger charge is -2.32. The first kappa shape index (κ1) is 12.9. The van der Waals surface area contributed by atoms with Crippen LogP contribution in [0.2, 0.25) is 0 Å².